The molecule has 0 aliphatic carbocycles. The molecule has 0 aliphatic rings. The SMILES string of the molecule is CCOc1ccc(-n2c(C)cc(/C=C(\C#N)C(=O)OCC(=O)c3ccc(OC(F)F)c(OC)c3)c2C)cc1. The summed E-state index contributed by atoms with van der Waals surface area (Å²) in [5.41, 5.74) is 2.96. The highest BCUT2D eigenvalue weighted by Crippen LogP contribution is 2.30. The summed E-state index contributed by atoms with van der Waals surface area (Å²) in [4.78, 5) is 25.1. The smallest absolute Gasteiger partial charge is 0.387 e. The van der Waals surface area contributed by atoms with Crippen LogP contribution in [0.2, 0.25) is 0 Å². The van der Waals surface area contributed by atoms with Crippen molar-refractivity contribution < 1.29 is 37.3 Å². The fourth-order valence-electron chi connectivity index (χ4n) is 3.81. The Morgan fingerprint density at radius 3 is 2.39 bits per heavy atom. The number of halogens is 2. The minimum Gasteiger partial charge on any atom is -0.494 e. The first kappa shape index (κ1) is 27.9. The number of aromatic nitrogens is 1. The second-order valence-corrected chi connectivity index (χ2v) is 8.00. The minimum atomic E-state index is -3.06. The van der Waals surface area contributed by atoms with Gasteiger partial charge >= 0.3 is 12.6 Å². The number of ketones is 1. The molecule has 38 heavy (non-hydrogen) atoms. The zero-order chi connectivity index (χ0) is 27.8. The second-order valence-electron chi connectivity index (χ2n) is 8.00. The van der Waals surface area contributed by atoms with Gasteiger partial charge in [0, 0.05) is 22.6 Å². The Morgan fingerprint density at radius 2 is 1.79 bits per heavy atom. The summed E-state index contributed by atoms with van der Waals surface area (Å²) < 4.78 is 46.8. The van der Waals surface area contributed by atoms with Gasteiger partial charge in [0.2, 0.25) is 0 Å². The summed E-state index contributed by atoms with van der Waals surface area (Å²) in [6.45, 7) is 2.49. The summed E-state index contributed by atoms with van der Waals surface area (Å²) in [5.74, 6) is -1.17. The van der Waals surface area contributed by atoms with Crippen LogP contribution in [0.4, 0.5) is 8.78 Å². The normalized spacial score (nSPS) is 11.2. The van der Waals surface area contributed by atoms with Gasteiger partial charge in [-0.15, -0.1) is 0 Å². The van der Waals surface area contributed by atoms with Crippen LogP contribution in [0, 0.1) is 25.2 Å². The van der Waals surface area contributed by atoms with E-state index in [-0.39, 0.29) is 22.6 Å². The molecule has 1 heterocycles. The largest absolute Gasteiger partial charge is 0.494 e. The third-order valence-electron chi connectivity index (χ3n) is 5.55. The lowest BCUT2D eigenvalue weighted by molar-refractivity contribution is -0.137. The molecule has 0 spiro atoms. The van der Waals surface area contributed by atoms with Crippen molar-refractivity contribution in [3.8, 4) is 29.0 Å². The number of Topliss-reactive ketones (excluding diaryl/α,β-unsaturated/α-hetero) is 1. The van der Waals surface area contributed by atoms with Gasteiger partial charge in [-0.3, -0.25) is 4.79 Å². The van der Waals surface area contributed by atoms with E-state index in [0.29, 0.717) is 12.2 Å². The Kier molecular flexibility index (Phi) is 9.22. The van der Waals surface area contributed by atoms with Gasteiger partial charge in [-0.1, -0.05) is 0 Å². The molecule has 0 N–H and O–H groups in total. The van der Waals surface area contributed by atoms with E-state index in [4.69, 9.17) is 14.2 Å². The Hall–Kier alpha value is -4.65. The van der Waals surface area contributed by atoms with Crippen LogP contribution < -0.4 is 14.2 Å². The van der Waals surface area contributed by atoms with Crippen LogP contribution in [0.1, 0.15) is 34.2 Å². The molecular weight excluding hydrogens is 498 g/mol. The van der Waals surface area contributed by atoms with E-state index < -0.39 is 25.0 Å². The Balaban J connectivity index is 1.74. The molecule has 0 atom stereocenters. The Morgan fingerprint density at radius 1 is 1.08 bits per heavy atom. The van der Waals surface area contributed by atoms with Crippen molar-refractivity contribution >= 4 is 17.8 Å². The number of carbonyl (C=O) groups excluding carboxylic acids is 2. The van der Waals surface area contributed by atoms with Crippen LogP contribution in [-0.4, -0.2) is 43.3 Å². The van der Waals surface area contributed by atoms with Gasteiger partial charge in [-0.2, -0.15) is 14.0 Å². The molecule has 0 radical (unpaired) electrons. The molecule has 0 saturated carbocycles. The fourth-order valence-corrected chi connectivity index (χ4v) is 3.81. The number of aryl methyl sites for hydroxylation is 1. The van der Waals surface area contributed by atoms with Crippen molar-refractivity contribution in [2.24, 2.45) is 0 Å². The standard InChI is InChI=1S/C28H26F2N2O6/c1-5-36-23-9-7-22(8-10-23)32-17(2)12-20(18(32)3)13-21(15-31)27(34)37-16-24(33)19-6-11-25(38-28(29)30)26(14-19)35-4/h6-14,28H,5,16H2,1-4H3/b21-13+. The molecule has 0 unspecified atom stereocenters. The average molecular weight is 525 g/mol. The number of hydrogen-bond acceptors (Lipinski definition) is 7. The van der Waals surface area contributed by atoms with Crippen molar-refractivity contribution in [1.29, 1.82) is 5.26 Å². The van der Waals surface area contributed by atoms with Gasteiger partial charge in [0.05, 0.1) is 13.7 Å². The maximum absolute atomic E-state index is 12.6. The molecular formula is C28H26F2N2O6. The highest BCUT2D eigenvalue weighted by Gasteiger charge is 2.18. The first-order valence-electron chi connectivity index (χ1n) is 11.6. The number of rotatable bonds is 11. The highest BCUT2D eigenvalue weighted by atomic mass is 19.3. The number of hydrogen-bond donors (Lipinski definition) is 0. The molecule has 0 saturated heterocycles. The molecule has 0 amide bonds. The summed E-state index contributed by atoms with van der Waals surface area (Å²) in [6.07, 6.45) is 1.40. The fraction of sp³-hybridized carbons (Fsp3) is 0.250. The van der Waals surface area contributed by atoms with Crippen molar-refractivity contribution in [1.82, 2.24) is 4.57 Å². The van der Waals surface area contributed by atoms with Crippen LogP contribution in [0.5, 0.6) is 17.2 Å². The number of alkyl halides is 2. The predicted molar refractivity (Wildman–Crippen MR) is 135 cm³/mol. The molecule has 198 valence electrons. The number of nitrogens with zero attached hydrogens (tertiary/aromatic N) is 2. The topological polar surface area (TPSA) is 99.8 Å². The molecule has 0 aliphatic heterocycles. The van der Waals surface area contributed by atoms with Crippen LogP contribution in [0.3, 0.4) is 0 Å². The molecule has 3 aromatic rings. The molecule has 2 aromatic carbocycles. The summed E-state index contributed by atoms with van der Waals surface area (Å²) >= 11 is 0. The maximum atomic E-state index is 12.6. The first-order chi connectivity index (χ1) is 18.2. The zero-order valence-electron chi connectivity index (χ0n) is 21.3. The van der Waals surface area contributed by atoms with Crippen molar-refractivity contribution in [2.75, 3.05) is 20.3 Å². The lowest BCUT2D eigenvalue weighted by Gasteiger charge is -2.11. The summed E-state index contributed by atoms with van der Waals surface area (Å²) in [6, 6.07) is 14.8. The van der Waals surface area contributed by atoms with Crippen LogP contribution in [0.15, 0.2) is 54.1 Å². The molecule has 3 rings (SSSR count). The van der Waals surface area contributed by atoms with Gasteiger partial charge < -0.3 is 23.5 Å². The summed E-state index contributed by atoms with van der Waals surface area (Å²) in [5, 5.41) is 9.56. The summed E-state index contributed by atoms with van der Waals surface area (Å²) in [7, 11) is 1.23. The highest BCUT2D eigenvalue weighted by molar-refractivity contribution is 6.02. The minimum absolute atomic E-state index is 0.0534. The van der Waals surface area contributed by atoms with E-state index in [1.54, 1.807) is 0 Å². The van der Waals surface area contributed by atoms with Crippen molar-refractivity contribution in [2.45, 2.75) is 27.4 Å². The monoisotopic (exact) mass is 524 g/mol. The quantitative estimate of drug-likeness (QED) is 0.143. The molecule has 8 nitrogen and oxygen atoms in total. The number of esters is 1. The van der Waals surface area contributed by atoms with E-state index >= 15 is 0 Å². The van der Waals surface area contributed by atoms with Gasteiger partial charge in [0.15, 0.2) is 23.9 Å². The van der Waals surface area contributed by atoms with E-state index in [1.165, 1.54) is 25.3 Å². The van der Waals surface area contributed by atoms with Gasteiger partial charge in [-0.05, 0) is 80.9 Å². The van der Waals surface area contributed by atoms with E-state index in [9.17, 15) is 23.6 Å². The van der Waals surface area contributed by atoms with Gasteiger partial charge in [-0.25, -0.2) is 4.79 Å². The number of methoxy groups -OCH3 is 1. The zero-order valence-corrected chi connectivity index (χ0v) is 21.3. The number of nitriles is 1. The van der Waals surface area contributed by atoms with Crippen molar-refractivity contribution in [3.63, 3.8) is 0 Å². The van der Waals surface area contributed by atoms with Crippen LogP contribution in [-0.2, 0) is 9.53 Å². The number of ether oxygens (including phenoxy) is 4. The van der Waals surface area contributed by atoms with E-state index in [2.05, 4.69) is 4.74 Å². The third kappa shape index (κ3) is 6.56. The first-order valence-corrected chi connectivity index (χ1v) is 11.6. The van der Waals surface area contributed by atoms with Crippen LogP contribution >= 0.6 is 0 Å². The van der Waals surface area contributed by atoms with Gasteiger partial charge in [0.1, 0.15) is 17.4 Å². The molecule has 0 fully saturated rings. The Bertz CT molecular complexity index is 1390. The Labute approximate surface area is 218 Å². The second kappa shape index (κ2) is 12.5. The lowest BCUT2D eigenvalue weighted by Crippen LogP contribution is -2.15. The molecule has 10 heteroatoms. The number of carbonyl (C=O) groups is 2. The molecule has 0 bridgehead atoms. The average Bonchev–Trinajstić information content (AvgIpc) is 3.18. The van der Waals surface area contributed by atoms with Crippen LogP contribution in [0.25, 0.3) is 11.8 Å². The molecule has 1 aromatic heterocycles. The maximum Gasteiger partial charge on any atom is 0.387 e. The van der Waals surface area contributed by atoms with E-state index in [1.807, 2.05) is 61.7 Å². The van der Waals surface area contributed by atoms with Crippen molar-refractivity contribution in [3.05, 3.63) is 76.6 Å². The predicted octanol–water partition coefficient (Wildman–Crippen LogP) is 5.44. The number of benzene rings is 2. The van der Waals surface area contributed by atoms with E-state index in [0.717, 1.165) is 28.9 Å². The van der Waals surface area contributed by atoms with Gasteiger partial charge in [0.25, 0.3) is 0 Å². The third-order valence-corrected chi connectivity index (χ3v) is 5.55. The lowest BCUT2D eigenvalue weighted by atomic mass is 10.1.